The SMILES string of the molecule is CC.CC.CCC.CCC.CCC1CCCCC1C. The molecule has 1 rings (SSSR count). The Hall–Kier alpha value is 0. The van der Waals surface area contributed by atoms with Gasteiger partial charge >= 0.3 is 0 Å². The maximum atomic E-state index is 2.41. The van der Waals surface area contributed by atoms with Gasteiger partial charge in [0.05, 0.1) is 0 Å². The molecule has 0 spiro atoms. The predicted octanol–water partition coefficient (Wildman–Crippen LogP) is 8.11. The first-order valence-electron chi connectivity index (χ1n) is 9.17. The molecule has 0 saturated heterocycles. The molecule has 0 bridgehead atoms. The lowest BCUT2D eigenvalue weighted by Gasteiger charge is -2.27. The van der Waals surface area contributed by atoms with E-state index in [2.05, 4.69) is 41.5 Å². The average molecular weight is 275 g/mol. The molecule has 0 radical (unpaired) electrons. The quantitative estimate of drug-likeness (QED) is 0.453. The maximum Gasteiger partial charge on any atom is -0.0391 e. The van der Waals surface area contributed by atoms with E-state index in [1.165, 1.54) is 44.9 Å². The molecule has 0 heteroatoms. The van der Waals surface area contributed by atoms with Crippen LogP contribution in [0.25, 0.3) is 0 Å². The van der Waals surface area contributed by atoms with Gasteiger partial charge in [-0.3, -0.25) is 0 Å². The molecule has 1 saturated carbocycles. The second-order valence-corrected chi connectivity index (χ2v) is 4.84. The first-order chi connectivity index (χ1) is 9.17. The van der Waals surface area contributed by atoms with E-state index in [0.717, 1.165) is 11.8 Å². The summed E-state index contributed by atoms with van der Waals surface area (Å²) in [7, 11) is 0. The summed E-state index contributed by atoms with van der Waals surface area (Å²) in [5, 5.41) is 0. The van der Waals surface area contributed by atoms with Crippen molar-refractivity contribution >= 4 is 0 Å². The summed E-state index contributed by atoms with van der Waals surface area (Å²) in [6, 6.07) is 0. The largest absolute Gasteiger partial charge is 0.0683 e. The van der Waals surface area contributed by atoms with Gasteiger partial charge in [-0.05, 0) is 11.8 Å². The summed E-state index contributed by atoms with van der Waals surface area (Å²) in [5.41, 5.74) is 0. The van der Waals surface area contributed by atoms with Gasteiger partial charge in [0.1, 0.15) is 0 Å². The number of hydrogen-bond acceptors (Lipinski definition) is 0. The van der Waals surface area contributed by atoms with Crippen molar-refractivity contribution in [2.24, 2.45) is 11.8 Å². The Bertz CT molecular complexity index is 94.2. The minimum absolute atomic E-state index is 1.02. The first kappa shape index (κ1) is 27.4. The number of hydrogen-bond donors (Lipinski definition) is 0. The van der Waals surface area contributed by atoms with Crippen LogP contribution in [0.3, 0.4) is 0 Å². The van der Waals surface area contributed by atoms with Gasteiger partial charge in [-0.25, -0.2) is 0 Å². The molecule has 0 N–H and O–H groups in total. The number of rotatable bonds is 1. The standard InChI is InChI=1S/C9H18.2C3H8.2C2H6/c1-3-9-7-5-4-6-8(9)2;2*1-3-2;2*1-2/h8-9H,3-7H2,1-2H3;2*3H2,1-2H3;2*1-2H3. The lowest BCUT2D eigenvalue weighted by atomic mass is 9.79. The molecule has 19 heavy (non-hydrogen) atoms. The van der Waals surface area contributed by atoms with E-state index in [-0.39, 0.29) is 0 Å². The molecule has 0 aliphatic heterocycles. The molecule has 122 valence electrons. The third-order valence-electron chi connectivity index (χ3n) is 2.81. The van der Waals surface area contributed by atoms with E-state index in [9.17, 15) is 0 Å². The maximum absolute atomic E-state index is 2.41. The Morgan fingerprint density at radius 2 is 1.00 bits per heavy atom. The summed E-state index contributed by atoms with van der Waals surface area (Å²) >= 11 is 0. The molecule has 0 aromatic heterocycles. The average Bonchev–Trinajstić information content (AvgIpc) is 2.45. The van der Waals surface area contributed by atoms with Gasteiger partial charge in [0.15, 0.2) is 0 Å². The molecule has 0 aromatic carbocycles. The first-order valence-corrected chi connectivity index (χ1v) is 9.17. The molecule has 1 aliphatic rings. The van der Waals surface area contributed by atoms with Crippen LogP contribution in [0.1, 0.15) is 114 Å². The van der Waals surface area contributed by atoms with Crippen molar-refractivity contribution in [3.05, 3.63) is 0 Å². The third-order valence-corrected chi connectivity index (χ3v) is 2.81. The van der Waals surface area contributed by atoms with Crippen LogP contribution in [0.4, 0.5) is 0 Å². The summed E-state index contributed by atoms with van der Waals surface area (Å²) < 4.78 is 0. The summed E-state index contributed by atoms with van der Waals surface area (Å²) in [5.74, 6) is 2.07. The van der Waals surface area contributed by atoms with E-state index in [1.54, 1.807) is 0 Å². The van der Waals surface area contributed by atoms with Crippen LogP contribution in [0, 0.1) is 11.8 Å². The zero-order valence-electron chi connectivity index (χ0n) is 16.1. The molecule has 2 unspecified atom stereocenters. The van der Waals surface area contributed by atoms with Crippen LogP contribution >= 0.6 is 0 Å². The van der Waals surface area contributed by atoms with Gasteiger partial charge in [-0.1, -0.05) is 114 Å². The molecule has 1 aliphatic carbocycles. The van der Waals surface area contributed by atoms with Crippen LogP contribution in [0.2, 0.25) is 0 Å². The minimum atomic E-state index is 1.02. The zero-order valence-corrected chi connectivity index (χ0v) is 16.1. The van der Waals surface area contributed by atoms with Gasteiger partial charge in [-0.15, -0.1) is 0 Å². The van der Waals surface area contributed by atoms with Gasteiger partial charge in [0.2, 0.25) is 0 Å². The highest BCUT2D eigenvalue weighted by atomic mass is 14.2. The normalized spacial score (nSPS) is 19.9. The fraction of sp³-hybridized carbons (Fsp3) is 1.00. The van der Waals surface area contributed by atoms with E-state index < -0.39 is 0 Å². The topological polar surface area (TPSA) is 0 Å². The van der Waals surface area contributed by atoms with Crippen molar-refractivity contribution in [3.8, 4) is 0 Å². The summed E-state index contributed by atoms with van der Waals surface area (Å²) in [4.78, 5) is 0. The van der Waals surface area contributed by atoms with Crippen molar-refractivity contribution in [1.82, 2.24) is 0 Å². The van der Waals surface area contributed by atoms with Gasteiger partial charge in [0, 0.05) is 0 Å². The second-order valence-electron chi connectivity index (χ2n) is 4.84. The molecule has 0 heterocycles. The van der Waals surface area contributed by atoms with E-state index in [4.69, 9.17) is 0 Å². The molecule has 1 fully saturated rings. The van der Waals surface area contributed by atoms with Crippen LogP contribution in [-0.4, -0.2) is 0 Å². The van der Waals surface area contributed by atoms with Crippen LogP contribution in [0.15, 0.2) is 0 Å². The Morgan fingerprint density at radius 1 is 0.684 bits per heavy atom. The predicted molar refractivity (Wildman–Crippen MR) is 96.0 cm³/mol. The smallest absolute Gasteiger partial charge is 0.0391 e. The monoisotopic (exact) mass is 274 g/mol. The van der Waals surface area contributed by atoms with E-state index >= 15 is 0 Å². The Balaban J connectivity index is -0.0000000951. The highest BCUT2D eigenvalue weighted by molar-refractivity contribution is 4.70. The van der Waals surface area contributed by atoms with Crippen molar-refractivity contribution in [2.75, 3.05) is 0 Å². The Labute approximate surface area is 126 Å². The van der Waals surface area contributed by atoms with Crippen molar-refractivity contribution < 1.29 is 0 Å². The van der Waals surface area contributed by atoms with Gasteiger partial charge < -0.3 is 0 Å². The molecular formula is C19H46. The van der Waals surface area contributed by atoms with Crippen molar-refractivity contribution in [2.45, 2.75) is 114 Å². The lowest BCUT2D eigenvalue weighted by Crippen LogP contribution is -2.15. The molecule has 0 nitrogen and oxygen atoms in total. The van der Waals surface area contributed by atoms with Crippen LogP contribution in [-0.2, 0) is 0 Å². The van der Waals surface area contributed by atoms with Crippen molar-refractivity contribution in [1.29, 1.82) is 0 Å². The van der Waals surface area contributed by atoms with E-state index in [1.807, 2.05) is 27.7 Å². The molecule has 0 amide bonds. The lowest BCUT2D eigenvalue weighted by molar-refractivity contribution is 0.249. The van der Waals surface area contributed by atoms with Crippen molar-refractivity contribution in [3.63, 3.8) is 0 Å². The summed E-state index contributed by atoms with van der Waals surface area (Å²) in [6.45, 7) is 21.2. The fourth-order valence-corrected chi connectivity index (χ4v) is 2.00. The highest BCUT2D eigenvalue weighted by Crippen LogP contribution is 2.31. The third kappa shape index (κ3) is 27.3. The molecule has 2 atom stereocenters. The highest BCUT2D eigenvalue weighted by Gasteiger charge is 2.18. The van der Waals surface area contributed by atoms with Gasteiger partial charge in [0.25, 0.3) is 0 Å². The van der Waals surface area contributed by atoms with E-state index in [0.29, 0.717) is 0 Å². The second kappa shape index (κ2) is 30.8. The molecular weight excluding hydrogens is 228 g/mol. The van der Waals surface area contributed by atoms with Gasteiger partial charge in [-0.2, -0.15) is 0 Å². The summed E-state index contributed by atoms with van der Waals surface area (Å²) in [6.07, 6.45) is 9.86. The van der Waals surface area contributed by atoms with Crippen LogP contribution in [0.5, 0.6) is 0 Å². The van der Waals surface area contributed by atoms with Crippen LogP contribution < -0.4 is 0 Å². The Kier molecular flexibility index (Phi) is 44.3. The zero-order chi connectivity index (χ0) is 16.1. The minimum Gasteiger partial charge on any atom is -0.0683 e. The fourth-order valence-electron chi connectivity index (χ4n) is 2.00. The molecule has 0 aromatic rings. The Morgan fingerprint density at radius 3 is 1.21 bits per heavy atom.